The quantitative estimate of drug-likeness (QED) is 0.437. The number of carbonyl (C=O) groups is 1. The van der Waals surface area contributed by atoms with Crippen molar-refractivity contribution < 1.29 is 14.8 Å². The van der Waals surface area contributed by atoms with Crippen LogP contribution >= 0.6 is 0 Å². The third-order valence-corrected chi connectivity index (χ3v) is 1.86. The van der Waals surface area contributed by atoms with Crippen molar-refractivity contribution in [2.75, 3.05) is 19.6 Å². The van der Waals surface area contributed by atoms with Gasteiger partial charge in [-0.25, -0.2) is 0 Å². The first-order chi connectivity index (χ1) is 5.68. The zero-order valence-electron chi connectivity index (χ0n) is 6.86. The molecule has 0 aromatic carbocycles. The number of carbonyl (C=O) groups excluding carboxylic acids is 1. The summed E-state index contributed by atoms with van der Waals surface area (Å²) in [6.45, 7) is 2.11. The molecule has 0 unspecified atom stereocenters. The molecular weight excluding hydrogens is 159 g/mol. The van der Waals surface area contributed by atoms with Crippen molar-refractivity contribution in [3.8, 4) is 0 Å². The van der Waals surface area contributed by atoms with Gasteiger partial charge < -0.3 is 15.3 Å². The lowest BCUT2D eigenvalue weighted by atomic mass is 10.1. The summed E-state index contributed by atoms with van der Waals surface area (Å²) in [5.74, 6) is -0.341. The highest BCUT2D eigenvalue weighted by Crippen LogP contribution is 2.05. The Morgan fingerprint density at radius 2 is 2.00 bits per heavy atom. The van der Waals surface area contributed by atoms with Crippen LogP contribution in [0.5, 0.6) is 0 Å². The van der Waals surface area contributed by atoms with E-state index < -0.39 is 7.25 Å². The molecular formula is C6H13BN2O3. The van der Waals surface area contributed by atoms with Crippen molar-refractivity contribution in [2.45, 2.75) is 12.8 Å². The Morgan fingerprint density at radius 1 is 1.42 bits per heavy atom. The Morgan fingerprint density at radius 3 is 2.50 bits per heavy atom. The van der Waals surface area contributed by atoms with E-state index in [0.29, 0.717) is 0 Å². The van der Waals surface area contributed by atoms with E-state index in [2.05, 4.69) is 0 Å². The molecule has 1 aliphatic rings. The average Bonchev–Trinajstić information content (AvgIpc) is 2.37. The van der Waals surface area contributed by atoms with Gasteiger partial charge in [-0.1, -0.05) is 0 Å². The van der Waals surface area contributed by atoms with Gasteiger partial charge in [-0.3, -0.25) is 9.69 Å². The van der Waals surface area contributed by atoms with Gasteiger partial charge in [0, 0.05) is 0 Å². The zero-order chi connectivity index (χ0) is 8.97. The van der Waals surface area contributed by atoms with Gasteiger partial charge in [0.15, 0.2) is 0 Å². The van der Waals surface area contributed by atoms with Crippen molar-refractivity contribution >= 4 is 13.2 Å². The Balaban J connectivity index is 2.16. The van der Waals surface area contributed by atoms with E-state index in [-0.39, 0.29) is 12.5 Å². The number of hydrogen-bond donors (Lipinski definition) is 3. The minimum absolute atomic E-state index is 0.262. The lowest BCUT2D eigenvalue weighted by molar-refractivity contribution is -0.120. The summed E-state index contributed by atoms with van der Waals surface area (Å²) < 4.78 is 0. The lowest BCUT2D eigenvalue weighted by Gasteiger charge is -2.13. The van der Waals surface area contributed by atoms with Crippen LogP contribution in [0.15, 0.2) is 0 Å². The normalized spacial score (nSPS) is 17.8. The van der Waals surface area contributed by atoms with Crippen LogP contribution in [0.2, 0.25) is 0 Å². The Labute approximate surface area is 71.5 Å². The molecule has 0 radical (unpaired) electrons. The SMILES string of the molecule is O=C(CN1CCCC1)NB(O)O. The summed E-state index contributed by atoms with van der Waals surface area (Å²) in [5.41, 5.74) is 0. The summed E-state index contributed by atoms with van der Waals surface area (Å²) >= 11 is 0. The van der Waals surface area contributed by atoms with E-state index in [1.54, 1.807) is 0 Å². The molecule has 68 valence electrons. The van der Waals surface area contributed by atoms with Crippen LogP contribution in [-0.2, 0) is 4.79 Å². The predicted octanol–water partition coefficient (Wildman–Crippen LogP) is -1.83. The van der Waals surface area contributed by atoms with Crippen molar-refractivity contribution in [2.24, 2.45) is 0 Å². The molecule has 3 N–H and O–H groups in total. The first kappa shape index (κ1) is 9.50. The maximum absolute atomic E-state index is 10.9. The highest BCUT2D eigenvalue weighted by atomic mass is 16.4. The Bertz CT molecular complexity index is 159. The monoisotopic (exact) mass is 172 g/mol. The first-order valence-corrected chi connectivity index (χ1v) is 4.06. The molecule has 12 heavy (non-hydrogen) atoms. The lowest BCUT2D eigenvalue weighted by Crippen LogP contribution is -2.44. The van der Waals surface area contributed by atoms with E-state index in [0.717, 1.165) is 25.9 Å². The predicted molar refractivity (Wildman–Crippen MR) is 44.0 cm³/mol. The number of nitrogens with one attached hydrogen (secondary N) is 1. The number of nitrogens with zero attached hydrogens (tertiary/aromatic N) is 1. The van der Waals surface area contributed by atoms with Gasteiger partial charge in [0.1, 0.15) is 0 Å². The van der Waals surface area contributed by atoms with E-state index in [1.807, 2.05) is 10.1 Å². The Kier molecular flexibility index (Phi) is 3.52. The van der Waals surface area contributed by atoms with Crippen molar-refractivity contribution in [3.63, 3.8) is 0 Å². The third kappa shape index (κ3) is 3.21. The van der Waals surface area contributed by atoms with Crippen LogP contribution in [0.1, 0.15) is 12.8 Å². The summed E-state index contributed by atoms with van der Waals surface area (Å²) in [5, 5.41) is 18.8. The zero-order valence-corrected chi connectivity index (χ0v) is 6.86. The third-order valence-electron chi connectivity index (χ3n) is 1.86. The number of likely N-dealkylation sites (tertiary alicyclic amines) is 1. The summed E-state index contributed by atoms with van der Waals surface area (Å²) in [6.07, 6.45) is 2.24. The van der Waals surface area contributed by atoms with Crippen molar-refractivity contribution in [1.82, 2.24) is 10.1 Å². The maximum Gasteiger partial charge on any atom is 0.587 e. The van der Waals surface area contributed by atoms with Gasteiger partial charge in [0.05, 0.1) is 6.54 Å². The van der Waals surface area contributed by atoms with Crippen molar-refractivity contribution in [1.29, 1.82) is 0 Å². The molecule has 5 nitrogen and oxygen atoms in total. The van der Waals surface area contributed by atoms with Gasteiger partial charge in [0.2, 0.25) is 5.91 Å². The standard InChI is InChI=1S/C6H13BN2O3/c10-6(8-7(11)12)5-9-3-1-2-4-9/h11-12H,1-5H2,(H,8,10). The Hall–Kier alpha value is -0.585. The second-order valence-electron chi connectivity index (χ2n) is 2.92. The van der Waals surface area contributed by atoms with E-state index in [9.17, 15) is 4.79 Å². The minimum Gasteiger partial charge on any atom is -0.408 e. The van der Waals surface area contributed by atoms with Crippen LogP contribution < -0.4 is 5.23 Å². The molecule has 1 amide bonds. The second-order valence-corrected chi connectivity index (χ2v) is 2.92. The van der Waals surface area contributed by atoms with Crippen LogP contribution in [0, 0.1) is 0 Å². The first-order valence-electron chi connectivity index (χ1n) is 4.06. The summed E-state index contributed by atoms with van der Waals surface area (Å²) in [4.78, 5) is 12.9. The fraction of sp³-hybridized carbons (Fsp3) is 0.833. The van der Waals surface area contributed by atoms with E-state index >= 15 is 0 Å². The molecule has 1 heterocycles. The van der Waals surface area contributed by atoms with Crippen LogP contribution in [0.25, 0.3) is 0 Å². The molecule has 1 fully saturated rings. The fourth-order valence-corrected chi connectivity index (χ4v) is 1.33. The van der Waals surface area contributed by atoms with Crippen LogP contribution in [-0.4, -0.2) is 47.7 Å². The number of rotatable bonds is 3. The minimum atomic E-state index is -1.74. The van der Waals surface area contributed by atoms with Crippen LogP contribution in [0.3, 0.4) is 0 Å². The van der Waals surface area contributed by atoms with Gasteiger partial charge in [-0.15, -0.1) is 0 Å². The summed E-state index contributed by atoms with van der Waals surface area (Å²) in [6, 6.07) is 0. The van der Waals surface area contributed by atoms with Gasteiger partial charge in [-0.2, -0.15) is 0 Å². The van der Waals surface area contributed by atoms with E-state index in [4.69, 9.17) is 10.0 Å². The second kappa shape index (κ2) is 4.44. The van der Waals surface area contributed by atoms with E-state index in [1.165, 1.54) is 0 Å². The van der Waals surface area contributed by atoms with Crippen LogP contribution in [0.4, 0.5) is 0 Å². The highest BCUT2D eigenvalue weighted by Gasteiger charge is 2.17. The largest absolute Gasteiger partial charge is 0.587 e. The molecule has 1 aliphatic heterocycles. The van der Waals surface area contributed by atoms with Crippen molar-refractivity contribution in [3.05, 3.63) is 0 Å². The maximum atomic E-state index is 10.9. The highest BCUT2D eigenvalue weighted by molar-refractivity contribution is 6.42. The molecule has 0 aliphatic carbocycles. The molecule has 0 atom stereocenters. The molecule has 0 bridgehead atoms. The van der Waals surface area contributed by atoms with Gasteiger partial charge in [0.25, 0.3) is 0 Å². The molecule has 0 aromatic rings. The number of amides is 1. The topological polar surface area (TPSA) is 72.8 Å². The molecule has 6 heteroatoms. The van der Waals surface area contributed by atoms with Gasteiger partial charge in [-0.05, 0) is 25.9 Å². The average molecular weight is 172 g/mol. The van der Waals surface area contributed by atoms with Gasteiger partial charge >= 0.3 is 7.25 Å². The molecule has 0 saturated carbocycles. The smallest absolute Gasteiger partial charge is 0.408 e. The fourth-order valence-electron chi connectivity index (χ4n) is 1.33. The summed E-state index contributed by atoms with van der Waals surface area (Å²) in [7, 11) is -1.74. The number of hydrogen-bond acceptors (Lipinski definition) is 4. The molecule has 0 aromatic heterocycles. The molecule has 0 spiro atoms. The molecule has 1 rings (SSSR count). The molecule has 1 saturated heterocycles.